The zero-order valence-electron chi connectivity index (χ0n) is 18.3. The number of halogens is 1. The number of carbonyl (C=O) groups is 1. The molecule has 0 saturated heterocycles. The van der Waals surface area contributed by atoms with Crippen LogP contribution in [-0.2, 0) is 0 Å². The molecule has 1 aromatic rings. The first kappa shape index (κ1) is 44.7. The molecule has 1 rings (SSSR count). The number of pyridine rings is 1. The van der Waals surface area contributed by atoms with Gasteiger partial charge in [-0.05, 0) is 6.07 Å². The van der Waals surface area contributed by atoms with Crippen LogP contribution in [0.5, 0.6) is 0 Å². The van der Waals surface area contributed by atoms with Crippen LogP contribution in [-0.4, -0.2) is 29.3 Å². The van der Waals surface area contributed by atoms with Crippen LogP contribution in [0.15, 0.2) is 12.3 Å². The van der Waals surface area contributed by atoms with Gasteiger partial charge in [0.15, 0.2) is 0 Å². The normalized spacial score (nSPS) is 7.89. The molecule has 18 N–H and O–H groups in total. The highest BCUT2D eigenvalue weighted by Crippen LogP contribution is 2.19. The second-order valence-electron chi connectivity index (χ2n) is 5.00. The zero-order valence-corrected chi connectivity index (χ0v) is 19.1. The number of rotatable bonds is 1. The van der Waals surface area contributed by atoms with Gasteiger partial charge < -0.3 is 55.6 Å². The number of nitrogen functional groups attached to an aromatic ring is 1. The smallest absolute Gasteiger partial charge is 0.106 e. The van der Waals surface area contributed by atoms with Gasteiger partial charge in [0.2, 0.25) is 0 Å². The van der Waals surface area contributed by atoms with Crippen molar-refractivity contribution in [2.24, 2.45) is 0 Å². The number of carboxylic acids is 1. The Morgan fingerprint density at radius 1 is 0.926 bits per heavy atom. The van der Waals surface area contributed by atoms with Crippen molar-refractivity contribution in [1.29, 1.82) is 0 Å². The summed E-state index contributed by atoms with van der Waals surface area (Å²) in [6, 6.07) is 1.41. The zero-order chi connectivity index (χ0) is 19.2. The molecule has 0 fully saturated rings. The number of carboxylic acid groups (broad SMARTS) is 1. The van der Waals surface area contributed by atoms with Gasteiger partial charge in [0.25, 0.3) is 0 Å². The molecule has 1 aromatic heterocycles. The van der Waals surface area contributed by atoms with Crippen molar-refractivity contribution >= 4 is 23.3 Å². The third-order valence-electron chi connectivity index (χ3n) is 1.11. The van der Waals surface area contributed by atoms with Crippen molar-refractivity contribution in [2.75, 3.05) is 5.73 Å². The summed E-state index contributed by atoms with van der Waals surface area (Å²) in [4.78, 5) is 13.7. The third kappa shape index (κ3) is 45.5. The molecule has 0 saturated carbocycles. The lowest BCUT2D eigenvalue weighted by Crippen LogP contribution is -2.24. The van der Waals surface area contributed by atoms with Crippen LogP contribution in [0.1, 0.15) is 52.0 Å². The molecule has 0 aliphatic rings. The van der Waals surface area contributed by atoms with Crippen molar-refractivity contribution in [2.45, 2.75) is 59.9 Å². The molecule has 11 nitrogen and oxygen atoms in total. The maximum absolute atomic E-state index is 10.3. The molecule has 0 spiro atoms. The average Bonchev–Trinajstić information content (AvgIpc) is 2.30. The van der Waals surface area contributed by atoms with E-state index in [1.54, 1.807) is 41.5 Å². The third-order valence-corrected chi connectivity index (χ3v) is 1.51. The minimum Gasteiger partial charge on any atom is -0.852 e. The van der Waals surface area contributed by atoms with E-state index in [2.05, 4.69) is 4.98 Å². The highest BCUT2D eigenvalue weighted by Gasteiger charge is 2.04. The van der Waals surface area contributed by atoms with E-state index < -0.39 is 24.3 Å². The lowest BCUT2D eigenvalue weighted by atomic mass is 10.3. The molecule has 0 amide bonds. The summed E-state index contributed by atoms with van der Waals surface area (Å²) < 4.78 is 0. The van der Waals surface area contributed by atoms with Crippen LogP contribution in [0.25, 0.3) is 0 Å². The number of nitrogens with zero attached hydrogens (tertiary/aromatic N) is 1. The van der Waals surface area contributed by atoms with Gasteiger partial charge in [-0.25, -0.2) is 0 Å². The average molecular weight is 421 g/mol. The standard InChI is InChI=1S/C6H5ClN2O2.3C3H7O.4H3N/c7-4-3(8)1-2-9-5(4)6(10)11;3*1-3(2)4;;;;/h1-2H,(H2,8,9)(H,10,11);3*3H,1-2H3;4*1H3/q;3*-1;;;;/p+3. The molecule has 0 unspecified atom stereocenters. The highest BCUT2D eigenvalue weighted by atomic mass is 35.5. The van der Waals surface area contributed by atoms with E-state index in [1.165, 1.54) is 12.3 Å². The van der Waals surface area contributed by atoms with E-state index in [0.29, 0.717) is 0 Å². The maximum atomic E-state index is 10.3. The highest BCUT2D eigenvalue weighted by molar-refractivity contribution is 6.35. The Balaban J connectivity index is -0.0000000432. The van der Waals surface area contributed by atoms with E-state index in [-0.39, 0.29) is 41.0 Å². The van der Waals surface area contributed by atoms with Crippen molar-refractivity contribution in [3.63, 3.8) is 0 Å². The Labute approximate surface area is 167 Å². The number of nitrogens with two attached hydrogens (primary N) is 1. The molecule has 1 heterocycles. The Hall–Kier alpha value is -1.57. The van der Waals surface area contributed by atoms with Gasteiger partial charge in [-0.15, -0.1) is 18.3 Å². The second kappa shape index (κ2) is 26.7. The number of aromatic nitrogens is 1. The van der Waals surface area contributed by atoms with Gasteiger partial charge in [-0.1, -0.05) is 53.1 Å². The molecule has 0 aromatic carbocycles. The van der Waals surface area contributed by atoms with Crippen molar-refractivity contribution < 1.29 is 25.2 Å². The molecule has 0 aliphatic heterocycles. The quantitative estimate of drug-likeness (QED) is 0.426. The van der Waals surface area contributed by atoms with Crippen molar-refractivity contribution in [3.05, 3.63) is 23.0 Å². The van der Waals surface area contributed by atoms with E-state index in [0.717, 1.165) is 0 Å². The first-order valence-corrected chi connectivity index (χ1v) is 7.29. The summed E-state index contributed by atoms with van der Waals surface area (Å²) in [6.07, 6.45) is 0.00630. The Morgan fingerprint density at radius 2 is 1.19 bits per heavy atom. The molecular weight excluding hydrogens is 380 g/mol. The molecule has 0 radical (unpaired) electrons. The van der Waals surface area contributed by atoms with Crippen LogP contribution in [0.3, 0.4) is 0 Å². The molecule has 0 aliphatic carbocycles. The Kier molecular flexibility index (Phi) is 44.1. The number of carbonyl (C=O) groups excluding carboxylic acids is 1. The predicted octanol–water partition coefficient (Wildman–Crippen LogP) is 0.451. The van der Waals surface area contributed by atoms with E-state index in [4.69, 9.17) is 17.3 Å². The number of hydrogen-bond acceptors (Lipinski definition) is 7. The topological polar surface area (TPSA) is 294 Å². The summed E-state index contributed by atoms with van der Waals surface area (Å²) >= 11 is 5.48. The van der Waals surface area contributed by atoms with Crippen LogP contribution < -0.4 is 50.8 Å². The lowest BCUT2D eigenvalue weighted by Gasteiger charge is -2.04. The number of aromatic carboxylic acids is 1. The number of quaternary nitrogens is 4. The van der Waals surface area contributed by atoms with Gasteiger partial charge in [0, 0.05) is 6.20 Å². The molecular formula is C15H41ClN6O5. The molecule has 12 heteroatoms. The Bertz CT molecular complexity index is 415. The van der Waals surface area contributed by atoms with Crippen LogP contribution in [0.4, 0.5) is 5.69 Å². The number of anilines is 1. The van der Waals surface area contributed by atoms with Crippen LogP contribution in [0, 0.1) is 0 Å². The predicted molar refractivity (Wildman–Crippen MR) is 107 cm³/mol. The first-order chi connectivity index (χ1) is 10.3. The van der Waals surface area contributed by atoms with E-state index in [9.17, 15) is 25.2 Å². The van der Waals surface area contributed by atoms with Gasteiger partial charge in [0.1, 0.15) is 5.69 Å². The molecule has 0 atom stereocenters. The fourth-order valence-corrected chi connectivity index (χ4v) is 0.790. The summed E-state index contributed by atoms with van der Waals surface area (Å²) in [5, 5.41) is 38.8. The Morgan fingerprint density at radius 3 is 1.37 bits per heavy atom. The number of hydrogen-bond donors (Lipinski definition) is 5. The van der Waals surface area contributed by atoms with Gasteiger partial charge in [0.05, 0.1) is 16.7 Å². The van der Waals surface area contributed by atoms with Crippen LogP contribution >= 0.6 is 11.6 Å². The van der Waals surface area contributed by atoms with E-state index in [1.807, 2.05) is 0 Å². The largest absolute Gasteiger partial charge is 0.852 e. The lowest BCUT2D eigenvalue weighted by molar-refractivity contribution is -0.408. The van der Waals surface area contributed by atoms with Gasteiger partial charge in [-0.2, -0.15) is 0 Å². The van der Waals surface area contributed by atoms with Crippen LogP contribution in [0.2, 0.25) is 5.02 Å². The monoisotopic (exact) mass is 420 g/mol. The molecule has 27 heavy (non-hydrogen) atoms. The second-order valence-corrected chi connectivity index (χ2v) is 5.37. The maximum Gasteiger partial charge on any atom is 0.106 e. The van der Waals surface area contributed by atoms with E-state index >= 15 is 0 Å². The molecule has 168 valence electrons. The minimum absolute atomic E-state index is 0. The first-order valence-electron chi connectivity index (χ1n) is 6.91. The summed E-state index contributed by atoms with van der Waals surface area (Å²) in [7, 11) is 0. The SMILES string of the molecule is CC(C)[O-].CC(C)[O-].CC(C)[O-].Nc1ccnc(C(=O)[O-])c1Cl.[NH4+].[NH4+].[NH4+].[NH4+]. The minimum atomic E-state index is -1.43. The van der Waals surface area contributed by atoms with Gasteiger partial charge >= 0.3 is 0 Å². The summed E-state index contributed by atoms with van der Waals surface area (Å²) in [6.45, 7) is 9.67. The molecule has 0 bridgehead atoms. The van der Waals surface area contributed by atoms with Gasteiger partial charge in [-0.3, -0.25) is 4.98 Å². The summed E-state index contributed by atoms with van der Waals surface area (Å²) in [5.41, 5.74) is 5.15. The fraction of sp³-hybridized carbons (Fsp3) is 0.600. The fourth-order valence-electron chi connectivity index (χ4n) is 0.601. The van der Waals surface area contributed by atoms with Crippen molar-refractivity contribution in [1.82, 2.24) is 29.6 Å². The summed E-state index contributed by atoms with van der Waals surface area (Å²) in [5.74, 6) is -1.43. The van der Waals surface area contributed by atoms with Crippen molar-refractivity contribution in [3.8, 4) is 0 Å².